The molecule has 0 fully saturated rings. The van der Waals surface area contributed by atoms with Crippen LogP contribution >= 0.6 is 11.6 Å². The average molecular weight is 343 g/mol. The molecule has 0 bridgehead atoms. The fourth-order valence-electron chi connectivity index (χ4n) is 2.92. The molecule has 24 heavy (non-hydrogen) atoms. The van der Waals surface area contributed by atoms with E-state index in [1.165, 1.54) is 0 Å². The topological polar surface area (TPSA) is 44.0 Å². The molecule has 1 heterocycles. The molecule has 0 aliphatic heterocycles. The van der Waals surface area contributed by atoms with Crippen molar-refractivity contribution in [2.75, 3.05) is 31.5 Å². The molecule has 3 aromatic rings. The molecule has 4 nitrogen and oxygen atoms in total. The number of rotatable bonds is 7. The van der Waals surface area contributed by atoms with Crippen LogP contribution in [0.3, 0.4) is 0 Å². The molecule has 0 atom stereocenters. The van der Waals surface area contributed by atoms with E-state index in [4.69, 9.17) is 11.6 Å². The molecule has 0 amide bonds. The van der Waals surface area contributed by atoms with Crippen LogP contribution in [-0.2, 0) is 0 Å². The number of anilines is 1. The van der Waals surface area contributed by atoms with Crippen LogP contribution in [0.25, 0.3) is 22.2 Å². The van der Waals surface area contributed by atoms with E-state index in [9.17, 15) is 0 Å². The Labute approximate surface area is 147 Å². The van der Waals surface area contributed by atoms with E-state index in [-0.39, 0.29) is 0 Å². The number of aromatic nitrogens is 2. The molecule has 2 N–H and O–H groups in total. The van der Waals surface area contributed by atoms with E-state index >= 15 is 0 Å². The van der Waals surface area contributed by atoms with Gasteiger partial charge in [0.05, 0.1) is 5.52 Å². The summed E-state index contributed by atoms with van der Waals surface area (Å²) in [4.78, 5) is 2.40. The summed E-state index contributed by atoms with van der Waals surface area (Å²) in [6, 6.07) is 14.1. The first-order chi connectivity index (χ1) is 11.7. The van der Waals surface area contributed by atoms with Gasteiger partial charge in [-0.1, -0.05) is 43.6 Å². The molecule has 0 spiro atoms. The largest absolute Gasteiger partial charge is 0.383 e. The van der Waals surface area contributed by atoms with Crippen molar-refractivity contribution in [3.05, 3.63) is 47.5 Å². The normalized spacial score (nSPS) is 11.3. The summed E-state index contributed by atoms with van der Waals surface area (Å²) in [5, 5.41) is 13.0. The van der Waals surface area contributed by atoms with Gasteiger partial charge in [-0.3, -0.25) is 5.10 Å². The number of hydrogen-bond donors (Lipinski definition) is 2. The third-order valence-corrected chi connectivity index (χ3v) is 4.58. The number of nitrogens with one attached hydrogen (secondary N) is 2. The van der Waals surface area contributed by atoms with Crippen molar-refractivity contribution in [3.63, 3.8) is 0 Å². The Hall–Kier alpha value is -2.04. The third kappa shape index (κ3) is 3.55. The number of aromatic amines is 1. The summed E-state index contributed by atoms with van der Waals surface area (Å²) in [7, 11) is 0. The molecule has 0 saturated carbocycles. The van der Waals surface area contributed by atoms with Gasteiger partial charge in [0.25, 0.3) is 0 Å². The molecule has 1 aromatic heterocycles. The smallest absolute Gasteiger partial charge is 0.102 e. The Kier molecular flexibility index (Phi) is 5.38. The van der Waals surface area contributed by atoms with E-state index in [1.54, 1.807) is 0 Å². The molecule has 5 heteroatoms. The van der Waals surface area contributed by atoms with E-state index in [1.807, 2.05) is 36.4 Å². The first-order valence-corrected chi connectivity index (χ1v) is 8.80. The zero-order chi connectivity index (χ0) is 16.9. The molecule has 126 valence electrons. The monoisotopic (exact) mass is 342 g/mol. The van der Waals surface area contributed by atoms with Crippen molar-refractivity contribution < 1.29 is 0 Å². The van der Waals surface area contributed by atoms with Crippen LogP contribution in [0, 0.1) is 0 Å². The third-order valence-electron chi connectivity index (χ3n) is 4.34. The second-order valence-corrected chi connectivity index (χ2v) is 6.20. The van der Waals surface area contributed by atoms with Crippen LogP contribution in [0.15, 0.2) is 42.5 Å². The lowest BCUT2D eigenvalue weighted by Gasteiger charge is -2.19. The molecule has 0 saturated heterocycles. The van der Waals surface area contributed by atoms with E-state index < -0.39 is 0 Å². The molecule has 0 aliphatic rings. The van der Waals surface area contributed by atoms with Gasteiger partial charge in [0.1, 0.15) is 5.69 Å². The predicted molar refractivity (Wildman–Crippen MR) is 103 cm³/mol. The zero-order valence-electron chi connectivity index (χ0n) is 14.1. The van der Waals surface area contributed by atoms with Gasteiger partial charge >= 0.3 is 0 Å². The van der Waals surface area contributed by atoms with E-state index in [0.29, 0.717) is 5.02 Å². The number of likely N-dealkylation sites (N-methyl/N-ethyl adjacent to an activating group) is 1. The number of para-hydroxylation sites is 1. The Morgan fingerprint density at radius 2 is 1.92 bits per heavy atom. The highest BCUT2D eigenvalue weighted by Gasteiger charge is 2.13. The SMILES string of the molecule is CCN(CC)CCNc1ccc(Cl)cc1-c1n[nH]c2ccccc12. The first-order valence-electron chi connectivity index (χ1n) is 8.42. The summed E-state index contributed by atoms with van der Waals surface area (Å²) in [5.74, 6) is 0. The van der Waals surface area contributed by atoms with Crippen molar-refractivity contribution in [1.82, 2.24) is 15.1 Å². The van der Waals surface area contributed by atoms with Gasteiger partial charge in [0.2, 0.25) is 0 Å². The summed E-state index contributed by atoms with van der Waals surface area (Å²) in [6.07, 6.45) is 0. The predicted octanol–water partition coefficient (Wildman–Crippen LogP) is 4.64. The van der Waals surface area contributed by atoms with Gasteiger partial charge in [-0.15, -0.1) is 0 Å². The summed E-state index contributed by atoms with van der Waals surface area (Å²) in [6.45, 7) is 8.40. The number of benzene rings is 2. The van der Waals surface area contributed by atoms with Crippen LogP contribution in [0.2, 0.25) is 5.02 Å². The average Bonchev–Trinajstić information content (AvgIpc) is 3.04. The number of hydrogen-bond acceptors (Lipinski definition) is 3. The highest BCUT2D eigenvalue weighted by molar-refractivity contribution is 6.31. The van der Waals surface area contributed by atoms with Gasteiger partial charge in [0.15, 0.2) is 0 Å². The van der Waals surface area contributed by atoms with Crippen molar-refractivity contribution in [2.45, 2.75) is 13.8 Å². The second-order valence-electron chi connectivity index (χ2n) is 5.76. The lowest BCUT2D eigenvalue weighted by atomic mass is 10.1. The van der Waals surface area contributed by atoms with Crippen molar-refractivity contribution >= 4 is 28.2 Å². The minimum absolute atomic E-state index is 0.714. The molecule has 2 aromatic carbocycles. The van der Waals surface area contributed by atoms with Crippen molar-refractivity contribution in [1.29, 1.82) is 0 Å². The van der Waals surface area contributed by atoms with Gasteiger partial charge in [0, 0.05) is 34.7 Å². The highest BCUT2D eigenvalue weighted by Crippen LogP contribution is 2.33. The fraction of sp³-hybridized carbons (Fsp3) is 0.316. The molecule has 0 aliphatic carbocycles. The summed E-state index contributed by atoms with van der Waals surface area (Å²) >= 11 is 6.24. The number of nitrogens with zero attached hydrogens (tertiary/aromatic N) is 2. The van der Waals surface area contributed by atoms with Crippen LogP contribution in [0.1, 0.15) is 13.8 Å². The zero-order valence-corrected chi connectivity index (χ0v) is 14.9. The van der Waals surface area contributed by atoms with Gasteiger partial charge in [-0.05, 0) is 37.4 Å². The molecule has 0 unspecified atom stereocenters. The Balaban J connectivity index is 1.89. The number of fused-ring (bicyclic) bond motifs is 1. The maximum Gasteiger partial charge on any atom is 0.102 e. The Morgan fingerprint density at radius 1 is 1.12 bits per heavy atom. The maximum atomic E-state index is 6.24. The van der Waals surface area contributed by atoms with Crippen LogP contribution in [0.4, 0.5) is 5.69 Å². The summed E-state index contributed by atoms with van der Waals surface area (Å²) in [5.41, 5.74) is 4.04. The van der Waals surface area contributed by atoms with Gasteiger partial charge in [-0.25, -0.2) is 0 Å². The molecule has 3 rings (SSSR count). The maximum absolute atomic E-state index is 6.24. The minimum Gasteiger partial charge on any atom is -0.383 e. The van der Waals surface area contributed by atoms with Crippen LogP contribution < -0.4 is 5.32 Å². The number of halogens is 1. The minimum atomic E-state index is 0.714. The van der Waals surface area contributed by atoms with E-state index in [2.05, 4.69) is 40.3 Å². The lowest BCUT2D eigenvalue weighted by Crippen LogP contribution is -2.28. The Bertz CT molecular complexity index is 808. The fourth-order valence-corrected chi connectivity index (χ4v) is 3.10. The van der Waals surface area contributed by atoms with Gasteiger partial charge in [-0.2, -0.15) is 5.10 Å². The van der Waals surface area contributed by atoms with Crippen molar-refractivity contribution in [2.24, 2.45) is 0 Å². The molecule has 0 radical (unpaired) electrons. The lowest BCUT2D eigenvalue weighted by molar-refractivity contribution is 0.316. The number of H-pyrrole nitrogens is 1. The Morgan fingerprint density at radius 3 is 2.71 bits per heavy atom. The quantitative estimate of drug-likeness (QED) is 0.657. The summed E-state index contributed by atoms with van der Waals surface area (Å²) < 4.78 is 0. The highest BCUT2D eigenvalue weighted by atomic mass is 35.5. The van der Waals surface area contributed by atoms with Crippen molar-refractivity contribution in [3.8, 4) is 11.3 Å². The first kappa shape index (κ1) is 16.8. The van der Waals surface area contributed by atoms with E-state index in [0.717, 1.165) is 54.0 Å². The van der Waals surface area contributed by atoms with Crippen LogP contribution in [0.5, 0.6) is 0 Å². The van der Waals surface area contributed by atoms with Crippen LogP contribution in [-0.4, -0.2) is 41.3 Å². The molecular formula is C19H23ClN4. The standard InChI is InChI=1S/C19H23ClN4/c1-3-24(4-2)12-11-21-17-10-9-14(20)13-16(17)19-15-7-5-6-8-18(15)22-23-19/h5-10,13,21H,3-4,11-12H2,1-2H3,(H,22,23). The molecular weight excluding hydrogens is 320 g/mol. The second kappa shape index (κ2) is 7.69. The van der Waals surface area contributed by atoms with Gasteiger partial charge < -0.3 is 10.2 Å².